The summed E-state index contributed by atoms with van der Waals surface area (Å²) in [5, 5.41) is 9.63. The molecule has 2 aromatic carbocycles. The smallest absolute Gasteiger partial charge is 0.253 e. The van der Waals surface area contributed by atoms with Gasteiger partial charge < -0.3 is 24.5 Å². The van der Waals surface area contributed by atoms with Crippen LogP contribution >= 0.6 is 11.6 Å². The van der Waals surface area contributed by atoms with E-state index in [2.05, 4.69) is 13.2 Å². The molecule has 3 saturated heterocycles. The molecule has 1 N–H and O–H groups in total. The quantitative estimate of drug-likeness (QED) is 0.242. The van der Waals surface area contributed by atoms with Gasteiger partial charge in [-0.15, -0.1) is 13.2 Å². The highest BCUT2D eigenvalue weighted by Crippen LogP contribution is 2.59. The van der Waals surface area contributed by atoms with Crippen molar-refractivity contribution in [2.45, 2.75) is 56.3 Å². The maximum absolute atomic E-state index is 14.6. The number of aliphatic hydroxyl groups is 1. The number of fused-ring (bicyclic) bond motifs is 1. The number of hydrogen-bond donors (Lipinski definition) is 1. The van der Waals surface area contributed by atoms with Crippen LogP contribution in [0.25, 0.3) is 0 Å². The molecule has 43 heavy (non-hydrogen) atoms. The van der Waals surface area contributed by atoms with E-state index in [0.717, 1.165) is 18.5 Å². The first-order valence-corrected chi connectivity index (χ1v) is 15.5. The summed E-state index contributed by atoms with van der Waals surface area (Å²) in [6.07, 6.45) is 6.91. The standard InChI is InChI=1S/C34H40ClN3O5/c1-3-20-36(24-14-8-7-9-15-24)31(40)28-27-18-19-34(43-27)29(28)32(41)38(22-12-5-6-13-23-39)30(34)33(42)37(21-4-2)26-17-11-10-16-25(26)35/h3-4,7-11,14-17,27-30,39H,1-2,5-6,12-13,18-23H2/t27-,28+,29+,30?,34?/m1/s1. The van der Waals surface area contributed by atoms with Crippen molar-refractivity contribution in [1.82, 2.24) is 4.90 Å². The van der Waals surface area contributed by atoms with E-state index >= 15 is 0 Å². The Morgan fingerprint density at radius 3 is 2.35 bits per heavy atom. The van der Waals surface area contributed by atoms with Crippen molar-refractivity contribution in [2.75, 3.05) is 36.0 Å². The monoisotopic (exact) mass is 605 g/mol. The molecule has 8 nitrogen and oxygen atoms in total. The number of para-hydroxylation sites is 2. The van der Waals surface area contributed by atoms with Crippen LogP contribution in [0.1, 0.15) is 38.5 Å². The minimum Gasteiger partial charge on any atom is -0.396 e. The van der Waals surface area contributed by atoms with Crippen molar-refractivity contribution < 1.29 is 24.2 Å². The van der Waals surface area contributed by atoms with Crippen LogP contribution < -0.4 is 9.80 Å². The van der Waals surface area contributed by atoms with Gasteiger partial charge in [0.25, 0.3) is 5.91 Å². The van der Waals surface area contributed by atoms with Gasteiger partial charge in [-0.3, -0.25) is 14.4 Å². The lowest BCUT2D eigenvalue weighted by Gasteiger charge is -2.37. The molecule has 0 aromatic heterocycles. The number of ether oxygens (including phenoxy) is 1. The summed E-state index contributed by atoms with van der Waals surface area (Å²) in [4.78, 5) is 48.3. The Kier molecular flexibility index (Phi) is 9.69. The van der Waals surface area contributed by atoms with Crippen LogP contribution in [0.3, 0.4) is 0 Å². The number of likely N-dealkylation sites (tertiary alicyclic amines) is 1. The maximum atomic E-state index is 14.6. The van der Waals surface area contributed by atoms with Gasteiger partial charge in [0.1, 0.15) is 11.6 Å². The second kappa shape index (κ2) is 13.5. The Balaban J connectivity index is 1.53. The number of nitrogens with zero attached hydrogens (tertiary/aromatic N) is 3. The molecule has 3 heterocycles. The summed E-state index contributed by atoms with van der Waals surface area (Å²) in [5.74, 6) is -2.20. The number of aliphatic hydroxyl groups excluding tert-OH is 1. The first-order chi connectivity index (χ1) is 20.9. The minimum atomic E-state index is -1.12. The molecule has 0 aliphatic carbocycles. The Morgan fingerprint density at radius 1 is 0.977 bits per heavy atom. The van der Waals surface area contributed by atoms with Crippen LogP contribution in [-0.4, -0.2) is 71.7 Å². The van der Waals surface area contributed by atoms with Gasteiger partial charge in [-0.1, -0.05) is 66.9 Å². The van der Waals surface area contributed by atoms with Crippen LogP contribution in [0.4, 0.5) is 11.4 Å². The predicted octanol–water partition coefficient (Wildman–Crippen LogP) is 5.01. The SMILES string of the molecule is C=CCN(C(=O)[C@@H]1[C@H]2C(=O)N(CCCCCCO)C(C(=O)N(CC=C)c3ccccc3Cl)C23CC[C@H]1O3)c1ccccc1. The van der Waals surface area contributed by atoms with E-state index in [1.54, 1.807) is 45.1 Å². The Hall–Kier alpha value is -3.46. The van der Waals surface area contributed by atoms with Gasteiger partial charge in [-0.25, -0.2) is 0 Å². The number of hydrogen-bond acceptors (Lipinski definition) is 5. The van der Waals surface area contributed by atoms with Crippen LogP contribution in [0.2, 0.25) is 5.02 Å². The fraction of sp³-hybridized carbons (Fsp3) is 0.441. The van der Waals surface area contributed by atoms with Gasteiger partial charge in [0.05, 0.1) is 28.6 Å². The number of carbonyl (C=O) groups excluding carboxylic acids is 3. The number of benzene rings is 2. The van der Waals surface area contributed by atoms with E-state index in [-0.39, 0.29) is 37.4 Å². The average Bonchev–Trinajstić information content (AvgIpc) is 3.66. The zero-order chi connectivity index (χ0) is 30.6. The fourth-order valence-electron chi connectivity index (χ4n) is 7.20. The molecule has 3 fully saturated rings. The first kappa shape index (κ1) is 31.0. The summed E-state index contributed by atoms with van der Waals surface area (Å²) < 4.78 is 6.68. The fourth-order valence-corrected chi connectivity index (χ4v) is 7.43. The number of anilines is 2. The van der Waals surface area contributed by atoms with Crippen molar-refractivity contribution in [3.8, 4) is 0 Å². The lowest BCUT2D eigenvalue weighted by molar-refractivity contribution is -0.140. The van der Waals surface area contributed by atoms with E-state index in [0.29, 0.717) is 42.9 Å². The van der Waals surface area contributed by atoms with Crippen molar-refractivity contribution >= 4 is 40.7 Å². The Labute approximate surface area is 258 Å². The van der Waals surface area contributed by atoms with Gasteiger partial charge in [0.2, 0.25) is 11.8 Å². The second-order valence-electron chi connectivity index (χ2n) is 11.5. The molecular weight excluding hydrogens is 566 g/mol. The van der Waals surface area contributed by atoms with Crippen LogP contribution in [0.5, 0.6) is 0 Å². The Morgan fingerprint density at radius 2 is 1.65 bits per heavy atom. The van der Waals surface area contributed by atoms with Gasteiger partial charge in [-0.2, -0.15) is 0 Å². The molecule has 3 aliphatic rings. The van der Waals surface area contributed by atoms with E-state index in [1.165, 1.54) is 0 Å². The summed E-state index contributed by atoms with van der Waals surface area (Å²) in [5.41, 5.74) is 0.131. The molecule has 2 aromatic rings. The number of rotatable bonds is 14. The third kappa shape index (κ3) is 5.64. The second-order valence-corrected chi connectivity index (χ2v) is 11.9. The minimum absolute atomic E-state index is 0.116. The highest BCUT2D eigenvalue weighted by molar-refractivity contribution is 6.34. The third-order valence-electron chi connectivity index (χ3n) is 8.99. The normalized spacial score (nSPS) is 25.4. The van der Waals surface area contributed by atoms with Crippen LogP contribution in [-0.2, 0) is 19.1 Å². The molecular formula is C34H40ClN3O5. The number of carbonyl (C=O) groups is 3. The Bertz CT molecular complexity index is 1350. The molecule has 9 heteroatoms. The molecule has 0 radical (unpaired) electrons. The van der Waals surface area contributed by atoms with E-state index < -0.39 is 29.6 Å². The van der Waals surface area contributed by atoms with Crippen molar-refractivity contribution in [1.29, 1.82) is 0 Å². The molecule has 0 saturated carbocycles. The van der Waals surface area contributed by atoms with E-state index in [9.17, 15) is 19.5 Å². The predicted molar refractivity (Wildman–Crippen MR) is 168 cm³/mol. The third-order valence-corrected chi connectivity index (χ3v) is 9.31. The molecule has 1 spiro atoms. The van der Waals surface area contributed by atoms with Crippen molar-refractivity contribution in [3.63, 3.8) is 0 Å². The van der Waals surface area contributed by atoms with Gasteiger partial charge in [0.15, 0.2) is 0 Å². The average molecular weight is 606 g/mol. The van der Waals surface area contributed by atoms with Crippen molar-refractivity contribution in [2.24, 2.45) is 11.8 Å². The highest BCUT2D eigenvalue weighted by Gasteiger charge is 2.75. The molecule has 2 bridgehead atoms. The molecule has 5 atom stereocenters. The number of halogens is 1. The summed E-state index contributed by atoms with van der Waals surface area (Å²) >= 11 is 6.56. The topological polar surface area (TPSA) is 90.4 Å². The summed E-state index contributed by atoms with van der Waals surface area (Å²) in [6, 6.07) is 15.6. The zero-order valence-corrected chi connectivity index (χ0v) is 25.2. The van der Waals surface area contributed by atoms with E-state index in [4.69, 9.17) is 16.3 Å². The lowest BCUT2D eigenvalue weighted by Crippen LogP contribution is -2.56. The van der Waals surface area contributed by atoms with Gasteiger partial charge in [-0.05, 0) is 49.9 Å². The molecule has 228 valence electrons. The highest BCUT2D eigenvalue weighted by atomic mass is 35.5. The molecule has 3 aliphatic heterocycles. The molecule has 2 unspecified atom stereocenters. The lowest BCUT2D eigenvalue weighted by atomic mass is 9.70. The van der Waals surface area contributed by atoms with Gasteiger partial charge >= 0.3 is 0 Å². The summed E-state index contributed by atoms with van der Waals surface area (Å²) in [6.45, 7) is 8.67. The largest absolute Gasteiger partial charge is 0.396 e. The summed E-state index contributed by atoms with van der Waals surface area (Å²) in [7, 11) is 0. The number of amides is 3. The zero-order valence-electron chi connectivity index (χ0n) is 24.4. The van der Waals surface area contributed by atoms with Gasteiger partial charge in [0, 0.05) is 31.9 Å². The molecule has 3 amide bonds. The van der Waals surface area contributed by atoms with Crippen LogP contribution in [0, 0.1) is 11.8 Å². The first-order valence-electron chi connectivity index (χ1n) is 15.1. The molecule has 5 rings (SSSR count). The maximum Gasteiger partial charge on any atom is 0.253 e. The van der Waals surface area contributed by atoms with Crippen molar-refractivity contribution in [3.05, 3.63) is 84.9 Å². The van der Waals surface area contributed by atoms with Crippen LogP contribution in [0.15, 0.2) is 79.9 Å². The number of unbranched alkanes of at least 4 members (excludes halogenated alkanes) is 3. The van der Waals surface area contributed by atoms with E-state index in [1.807, 2.05) is 36.4 Å².